The van der Waals surface area contributed by atoms with Crippen LogP contribution in [-0.2, 0) is 4.79 Å². The van der Waals surface area contributed by atoms with E-state index in [1.54, 1.807) is 18.7 Å². The zero-order valence-electron chi connectivity index (χ0n) is 15.4. The van der Waals surface area contributed by atoms with Gasteiger partial charge in [0.25, 0.3) is 5.91 Å². The van der Waals surface area contributed by atoms with Gasteiger partial charge in [-0.25, -0.2) is 9.48 Å². The zero-order valence-corrected chi connectivity index (χ0v) is 15.4. The number of nitrogens with zero attached hydrogens (tertiary/aromatic N) is 4. The number of carboxylic acid groups (broad SMARTS) is 1. The number of carbonyl (C=O) groups excluding carboxylic acids is 1. The SMILES string of the molecule is Cc1ccc(-n2nnc(C(=O)N(C)C3(C(=O)O)CCCCC3)c2C)cc1. The number of likely N-dealkylation sites (N-methyl/N-ethyl adjacent to an activating group) is 1. The number of hydrogen-bond donors (Lipinski definition) is 1. The molecule has 7 heteroatoms. The second kappa shape index (κ2) is 6.90. The maximum Gasteiger partial charge on any atom is 0.329 e. The quantitative estimate of drug-likeness (QED) is 0.910. The van der Waals surface area contributed by atoms with Crippen molar-refractivity contribution in [3.63, 3.8) is 0 Å². The van der Waals surface area contributed by atoms with Crippen molar-refractivity contribution in [1.82, 2.24) is 19.9 Å². The molecular weight excluding hydrogens is 332 g/mol. The molecule has 2 aromatic rings. The van der Waals surface area contributed by atoms with Gasteiger partial charge in [0.05, 0.1) is 11.4 Å². The molecule has 0 atom stereocenters. The number of carboxylic acids is 1. The summed E-state index contributed by atoms with van der Waals surface area (Å²) in [6.07, 6.45) is 3.54. The number of carbonyl (C=O) groups is 2. The van der Waals surface area contributed by atoms with Crippen molar-refractivity contribution in [2.75, 3.05) is 7.05 Å². The van der Waals surface area contributed by atoms with Crippen LogP contribution in [0, 0.1) is 13.8 Å². The molecule has 3 rings (SSSR count). The van der Waals surface area contributed by atoms with Gasteiger partial charge in [-0.05, 0) is 38.8 Å². The van der Waals surface area contributed by atoms with Crippen molar-refractivity contribution in [2.24, 2.45) is 0 Å². The Morgan fingerprint density at radius 1 is 1.12 bits per heavy atom. The normalized spacial score (nSPS) is 16.3. The lowest BCUT2D eigenvalue weighted by molar-refractivity contribution is -0.151. The lowest BCUT2D eigenvalue weighted by Crippen LogP contribution is -2.56. The number of amides is 1. The topological polar surface area (TPSA) is 88.3 Å². The largest absolute Gasteiger partial charge is 0.479 e. The summed E-state index contributed by atoms with van der Waals surface area (Å²) in [4.78, 5) is 26.3. The summed E-state index contributed by atoms with van der Waals surface area (Å²) in [6.45, 7) is 3.77. The van der Waals surface area contributed by atoms with Crippen molar-refractivity contribution in [1.29, 1.82) is 0 Å². The molecule has 1 aliphatic carbocycles. The summed E-state index contributed by atoms with van der Waals surface area (Å²) in [6, 6.07) is 7.75. The van der Waals surface area contributed by atoms with Crippen molar-refractivity contribution in [2.45, 2.75) is 51.5 Å². The highest BCUT2D eigenvalue weighted by molar-refractivity contribution is 5.97. The Bertz CT molecular complexity index is 820. The van der Waals surface area contributed by atoms with E-state index in [1.807, 2.05) is 31.2 Å². The Hall–Kier alpha value is -2.70. The molecule has 1 aromatic heterocycles. The minimum atomic E-state index is -1.16. The lowest BCUT2D eigenvalue weighted by atomic mass is 9.80. The molecule has 0 spiro atoms. The van der Waals surface area contributed by atoms with Crippen molar-refractivity contribution >= 4 is 11.9 Å². The monoisotopic (exact) mass is 356 g/mol. The van der Waals surface area contributed by atoms with Crippen LogP contribution >= 0.6 is 0 Å². The molecule has 0 unspecified atom stereocenters. The van der Waals surface area contributed by atoms with Crippen LogP contribution in [0.1, 0.15) is 53.8 Å². The van der Waals surface area contributed by atoms with E-state index in [-0.39, 0.29) is 5.69 Å². The third-order valence-corrected chi connectivity index (χ3v) is 5.40. The summed E-state index contributed by atoms with van der Waals surface area (Å²) >= 11 is 0. The van der Waals surface area contributed by atoms with Gasteiger partial charge in [0.2, 0.25) is 0 Å². The van der Waals surface area contributed by atoms with Gasteiger partial charge in [0, 0.05) is 7.05 Å². The Balaban J connectivity index is 1.92. The van der Waals surface area contributed by atoms with Crippen LogP contribution in [-0.4, -0.2) is 49.5 Å². The molecule has 1 saturated carbocycles. The Morgan fingerprint density at radius 3 is 2.31 bits per heavy atom. The number of rotatable bonds is 4. The Labute approximate surface area is 152 Å². The second-order valence-electron chi connectivity index (χ2n) is 7.03. The van der Waals surface area contributed by atoms with Gasteiger partial charge in [0.15, 0.2) is 5.69 Å². The summed E-state index contributed by atoms with van der Waals surface area (Å²) in [5, 5.41) is 18.0. The lowest BCUT2D eigenvalue weighted by Gasteiger charge is -2.40. The summed E-state index contributed by atoms with van der Waals surface area (Å²) in [5.41, 5.74) is 1.58. The van der Waals surface area contributed by atoms with Gasteiger partial charge < -0.3 is 10.0 Å². The molecule has 1 aromatic carbocycles. The van der Waals surface area contributed by atoms with E-state index < -0.39 is 17.4 Å². The molecule has 1 fully saturated rings. The first kappa shape index (κ1) is 18.1. The molecule has 1 amide bonds. The van der Waals surface area contributed by atoms with E-state index in [1.165, 1.54) is 4.90 Å². The van der Waals surface area contributed by atoms with Gasteiger partial charge in [-0.15, -0.1) is 5.10 Å². The minimum Gasteiger partial charge on any atom is -0.479 e. The predicted molar refractivity (Wildman–Crippen MR) is 96.4 cm³/mol. The first-order chi connectivity index (χ1) is 12.4. The van der Waals surface area contributed by atoms with Crippen LogP contribution in [0.4, 0.5) is 0 Å². The molecule has 1 N–H and O–H groups in total. The molecular formula is C19H24N4O3. The number of aliphatic carboxylic acids is 1. The molecule has 0 radical (unpaired) electrons. The summed E-state index contributed by atoms with van der Waals surface area (Å²) in [5.74, 6) is -1.35. The Kier molecular flexibility index (Phi) is 4.80. The van der Waals surface area contributed by atoms with Crippen molar-refractivity contribution in [3.05, 3.63) is 41.2 Å². The highest BCUT2D eigenvalue weighted by atomic mass is 16.4. The molecule has 1 heterocycles. The van der Waals surface area contributed by atoms with Crippen LogP contribution in [0.5, 0.6) is 0 Å². The van der Waals surface area contributed by atoms with E-state index >= 15 is 0 Å². The minimum absolute atomic E-state index is 0.194. The van der Waals surface area contributed by atoms with Crippen LogP contribution in [0.3, 0.4) is 0 Å². The average Bonchev–Trinajstić information content (AvgIpc) is 3.03. The standard InChI is InChI=1S/C19H24N4O3/c1-13-7-9-15(10-8-13)23-14(2)16(20-21-23)17(24)22(3)19(18(25)26)11-5-4-6-12-19/h7-10H,4-6,11-12H2,1-3H3,(H,25,26). The first-order valence-electron chi connectivity index (χ1n) is 8.88. The van der Waals surface area contributed by atoms with Crippen LogP contribution < -0.4 is 0 Å². The van der Waals surface area contributed by atoms with Gasteiger partial charge in [-0.2, -0.15) is 0 Å². The van der Waals surface area contributed by atoms with Crippen molar-refractivity contribution < 1.29 is 14.7 Å². The maximum absolute atomic E-state index is 13.0. The highest BCUT2D eigenvalue weighted by Crippen LogP contribution is 2.34. The Morgan fingerprint density at radius 2 is 1.73 bits per heavy atom. The van der Waals surface area contributed by atoms with Crippen LogP contribution in [0.15, 0.2) is 24.3 Å². The van der Waals surface area contributed by atoms with Crippen molar-refractivity contribution in [3.8, 4) is 5.69 Å². The number of aromatic nitrogens is 3. The van der Waals surface area contributed by atoms with Crippen LogP contribution in [0.2, 0.25) is 0 Å². The van der Waals surface area contributed by atoms with Gasteiger partial charge >= 0.3 is 5.97 Å². The predicted octanol–water partition coefficient (Wildman–Crippen LogP) is 2.74. The smallest absolute Gasteiger partial charge is 0.329 e. The summed E-state index contributed by atoms with van der Waals surface area (Å²) in [7, 11) is 1.56. The molecule has 26 heavy (non-hydrogen) atoms. The molecule has 138 valence electrons. The van der Waals surface area contributed by atoms with Gasteiger partial charge in [-0.3, -0.25) is 4.79 Å². The molecule has 1 aliphatic rings. The average molecular weight is 356 g/mol. The third-order valence-electron chi connectivity index (χ3n) is 5.40. The molecule has 7 nitrogen and oxygen atoms in total. The number of hydrogen-bond acceptors (Lipinski definition) is 4. The van der Waals surface area contributed by atoms with E-state index in [2.05, 4.69) is 10.3 Å². The fraction of sp³-hybridized carbons (Fsp3) is 0.474. The zero-order chi connectivity index (χ0) is 18.9. The molecule has 0 aliphatic heterocycles. The van der Waals surface area contributed by atoms with Crippen LogP contribution in [0.25, 0.3) is 5.69 Å². The number of aryl methyl sites for hydroxylation is 1. The third kappa shape index (κ3) is 2.98. The van der Waals surface area contributed by atoms with Gasteiger partial charge in [0.1, 0.15) is 5.54 Å². The first-order valence-corrected chi connectivity index (χ1v) is 8.88. The fourth-order valence-electron chi connectivity index (χ4n) is 3.64. The highest BCUT2D eigenvalue weighted by Gasteiger charge is 2.46. The number of benzene rings is 1. The second-order valence-corrected chi connectivity index (χ2v) is 7.03. The maximum atomic E-state index is 13.0. The summed E-state index contributed by atoms with van der Waals surface area (Å²) < 4.78 is 1.61. The van der Waals surface area contributed by atoms with E-state index in [4.69, 9.17) is 0 Å². The molecule has 0 bridgehead atoms. The van der Waals surface area contributed by atoms with Gasteiger partial charge in [-0.1, -0.05) is 42.2 Å². The molecule has 0 saturated heterocycles. The van der Waals surface area contributed by atoms with E-state index in [9.17, 15) is 14.7 Å². The van der Waals surface area contributed by atoms with E-state index in [0.29, 0.717) is 18.5 Å². The fourth-order valence-corrected chi connectivity index (χ4v) is 3.64. The van der Waals surface area contributed by atoms with E-state index in [0.717, 1.165) is 30.5 Å².